The number of ether oxygens (including phenoxy) is 1. The molecule has 0 radical (unpaired) electrons. The molecule has 0 unspecified atom stereocenters. The Kier molecular flexibility index (Phi) is 4.25. The highest BCUT2D eigenvalue weighted by molar-refractivity contribution is 5.30. The number of aryl methyl sites for hydroxylation is 1. The van der Waals surface area contributed by atoms with Gasteiger partial charge in [0.15, 0.2) is 0 Å². The number of nitrogens with zero attached hydrogens (tertiary/aromatic N) is 2. The number of hydrogen-bond donors (Lipinski definition) is 1. The van der Waals surface area contributed by atoms with Crippen molar-refractivity contribution < 1.29 is 4.74 Å². The predicted molar refractivity (Wildman–Crippen MR) is 83.7 cm³/mol. The molecule has 1 fully saturated rings. The summed E-state index contributed by atoms with van der Waals surface area (Å²) in [4.78, 5) is 4.35. The number of rotatable bonds is 6. The highest BCUT2D eigenvalue weighted by atomic mass is 16.5. The molecule has 0 atom stereocenters. The Labute approximate surface area is 126 Å². The second kappa shape index (κ2) is 6.31. The maximum atomic E-state index is 5.20. The van der Waals surface area contributed by atoms with E-state index in [1.165, 1.54) is 18.4 Å². The maximum absolute atomic E-state index is 5.20. The fraction of sp³-hybridized carbons (Fsp3) is 0.471. The summed E-state index contributed by atoms with van der Waals surface area (Å²) >= 11 is 0. The Morgan fingerprint density at radius 2 is 2.05 bits per heavy atom. The molecule has 1 N–H and O–H groups in total. The molecule has 1 aromatic heterocycles. The van der Waals surface area contributed by atoms with Crippen molar-refractivity contribution in [1.29, 1.82) is 0 Å². The molecule has 0 spiro atoms. The average molecular weight is 285 g/mol. The number of methoxy groups -OCH3 is 1. The van der Waals surface area contributed by atoms with E-state index in [4.69, 9.17) is 4.74 Å². The Morgan fingerprint density at radius 3 is 2.67 bits per heavy atom. The van der Waals surface area contributed by atoms with Gasteiger partial charge in [-0.15, -0.1) is 0 Å². The Morgan fingerprint density at radius 1 is 1.29 bits per heavy atom. The topological polar surface area (TPSA) is 39.1 Å². The maximum Gasteiger partial charge on any atom is 0.118 e. The van der Waals surface area contributed by atoms with Crippen molar-refractivity contribution in [3.63, 3.8) is 0 Å². The van der Waals surface area contributed by atoms with Gasteiger partial charge in [-0.05, 0) is 36.5 Å². The van der Waals surface area contributed by atoms with Crippen LogP contribution in [0, 0.1) is 0 Å². The second-order valence-corrected chi connectivity index (χ2v) is 5.80. The summed E-state index contributed by atoms with van der Waals surface area (Å²) in [6, 6.07) is 9.13. The van der Waals surface area contributed by atoms with Gasteiger partial charge in [-0.2, -0.15) is 0 Å². The van der Waals surface area contributed by atoms with E-state index in [2.05, 4.69) is 39.1 Å². The van der Waals surface area contributed by atoms with E-state index in [1.54, 1.807) is 7.11 Å². The van der Waals surface area contributed by atoms with E-state index in [0.29, 0.717) is 12.0 Å². The van der Waals surface area contributed by atoms with E-state index >= 15 is 0 Å². The predicted octanol–water partition coefficient (Wildman–Crippen LogP) is 2.51. The molecular formula is C17H23N3O. The van der Waals surface area contributed by atoms with Crippen molar-refractivity contribution >= 4 is 0 Å². The first kappa shape index (κ1) is 14.1. The van der Waals surface area contributed by atoms with Crippen LogP contribution in [0.5, 0.6) is 5.75 Å². The highest BCUT2D eigenvalue weighted by Gasteiger charge is 2.29. The molecule has 4 nitrogen and oxygen atoms in total. The van der Waals surface area contributed by atoms with Crippen LogP contribution in [0.15, 0.2) is 36.7 Å². The SMILES string of the molecule is COc1ccc(C2CC(NCCc3nccn3C)C2)cc1. The molecule has 21 heavy (non-hydrogen) atoms. The van der Waals surface area contributed by atoms with Crippen LogP contribution in [-0.2, 0) is 13.5 Å². The zero-order valence-electron chi connectivity index (χ0n) is 12.7. The molecule has 112 valence electrons. The van der Waals surface area contributed by atoms with Gasteiger partial charge in [0.25, 0.3) is 0 Å². The third-order valence-corrected chi connectivity index (χ3v) is 4.43. The zero-order chi connectivity index (χ0) is 14.7. The Hall–Kier alpha value is -1.81. The van der Waals surface area contributed by atoms with Crippen molar-refractivity contribution in [1.82, 2.24) is 14.9 Å². The van der Waals surface area contributed by atoms with Crippen LogP contribution in [0.3, 0.4) is 0 Å². The number of aromatic nitrogens is 2. The van der Waals surface area contributed by atoms with E-state index in [9.17, 15) is 0 Å². The van der Waals surface area contributed by atoms with Crippen molar-refractivity contribution in [2.45, 2.75) is 31.2 Å². The summed E-state index contributed by atoms with van der Waals surface area (Å²) in [6.45, 7) is 1.00. The van der Waals surface area contributed by atoms with Crippen LogP contribution in [-0.4, -0.2) is 29.2 Å². The van der Waals surface area contributed by atoms with E-state index in [0.717, 1.165) is 24.5 Å². The monoisotopic (exact) mass is 285 g/mol. The first-order chi connectivity index (χ1) is 10.3. The van der Waals surface area contributed by atoms with Gasteiger partial charge in [-0.1, -0.05) is 12.1 Å². The fourth-order valence-electron chi connectivity index (χ4n) is 2.96. The molecule has 1 aromatic carbocycles. The van der Waals surface area contributed by atoms with Gasteiger partial charge in [-0.25, -0.2) is 4.98 Å². The normalized spacial score (nSPS) is 21.0. The Bertz CT molecular complexity index is 570. The summed E-state index contributed by atoms with van der Waals surface area (Å²) in [5.74, 6) is 2.78. The van der Waals surface area contributed by atoms with Crippen LogP contribution < -0.4 is 10.1 Å². The van der Waals surface area contributed by atoms with Gasteiger partial charge in [0.1, 0.15) is 11.6 Å². The third kappa shape index (κ3) is 3.27. The minimum absolute atomic E-state index is 0.650. The van der Waals surface area contributed by atoms with E-state index in [1.807, 2.05) is 19.4 Å². The molecule has 4 heteroatoms. The third-order valence-electron chi connectivity index (χ3n) is 4.43. The summed E-state index contributed by atoms with van der Waals surface area (Å²) < 4.78 is 7.29. The lowest BCUT2D eigenvalue weighted by atomic mass is 9.76. The van der Waals surface area contributed by atoms with Gasteiger partial charge >= 0.3 is 0 Å². The van der Waals surface area contributed by atoms with E-state index in [-0.39, 0.29) is 0 Å². The first-order valence-corrected chi connectivity index (χ1v) is 7.60. The summed E-state index contributed by atoms with van der Waals surface area (Å²) in [6.07, 6.45) is 7.31. The van der Waals surface area contributed by atoms with Crippen molar-refractivity contribution in [2.75, 3.05) is 13.7 Å². The lowest BCUT2D eigenvalue weighted by molar-refractivity contribution is 0.292. The average Bonchev–Trinajstić information content (AvgIpc) is 2.87. The molecular weight excluding hydrogens is 262 g/mol. The minimum Gasteiger partial charge on any atom is -0.497 e. The number of nitrogens with one attached hydrogen (secondary N) is 1. The van der Waals surface area contributed by atoms with Crippen LogP contribution in [0.1, 0.15) is 30.1 Å². The number of imidazole rings is 1. The molecule has 1 saturated carbocycles. The highest BCUT2D eigenvalue weighted by Crippen LogP contribution is 2.37. The van der Waals surface area contributed by atoms with Crippen LogP contribution in [0.4, 0.5) is 0 Å². The second-order valence-electron chi connectivity index (χ2n) is 5.80. The Balaban J connectivity index is 1.40. The molecule has 0 saturated heterocycles. The van der Waals surface area contributed by atoms with Gasteiger partial charge in [0.05, 0.1) is 7.11 Å². The lowest BCUT2D eigenvalue weighted by Gasteiger charge is -2.36. The smallest absolute Gasteiger partial charge is 0.118 e. The summed E-state index contributed by atoms with van der Waals surface area (Å²) in [5, 5.41) is 3.63. The minimum atomic E-state index is 0.650. The van der Waals surface area contributed by atoms with Gasteiger partial charge in [0.2, 0.25) is 0 Å². The largest absolute Gasteiger partial charge is 0.497 e. The zero-order valence-corrected chi connectivity index (χ0v) is 12.7. The van der Waals surface area contributed by atoms with Crippen LogP contribution >= 0.6 is 0 Å². The molecule has 0 bridgehead atoms. The van der Waals surface area contributed by atoms with Crippen LogP contribution in [0.2, 0.25) is 0 Å². The summed E-state index contributed by atoms with van der Waals surface area (Å²) in [5.41, 5.74) is 1.43. The molecule has 1 heterocycles. The van der Waals surface area contributed by atoms with E-state index < -0.39 is 0 Å². The molecule has 3 rings (SSSR count). The standard InChI is InChI=1S/C17H23N3O/c1-20-10-9-19-17(20)7-8-18-15-11-14(12-15)13-3-5-16(21-2)6-4-13/h3-6,9-10,14-15,18H,7-8,11-12H2,1-2H3. The number of benzene rings is 1. The number of hydrogen-bond acceptors (Lipinski definition) is 3. The van der Waals surface area contributed by atoms with Crippen molar-refractivity contribution in [3.8, 4) is 5.75 Å². The quantitative estimate of drug-likeness (QED) is 0.886. The summed E-state index contributed by atoms with van der Waals surface area (Å²) in [7, 11) is 3.76. The van der Waals surface area contributed by atoms with Gasteiger partial charge < -0.3 is 14.6 Å². The van der Waals surface area contributed by atoms with Gasteiger partial charge in [0, 0.05) is 38.4 Å². The van der Waals surface area contributed by atoms with Crippen LogP contribution in [0.25, 0.3) is 0 Å². The van der Waals surface area contributed by atoms with Crippen molar-refractivity contribution in [2.24, 2.45) is 7.05 Å². The van der Waals surface area contributed by atoms with Crippen molar-refractivity contribution in [3.05, 3.63) is 48.0 Å². The van der Waals surface area contributed by atoms with Gasteiger partial charge in [-0.3, -0.25) is 0 Å². The molecule has 2 aromatic rings. The molecule has 1 aliphatic rings. The molecule has 1 aliphatic carbocycles. The first-order valence-electron chi connectivity index (χ1n) is 7.60. The molecule has 0 amide bonds. The molecule has 0 aliphatic heterocycles. The lowest BCUT2D eigenvalue weighted by Crippen LogP contribution is -2.41. The fourth-order valence-corrected chi connectivity index (χ4v) is 2.96.